The van der Waals surface area contributed by atoms with Crippen LogP contribution in [0.25, 0.3) is 10.1 Å². The molecule has 0 fully saturated rings. The molecule has 1 heterocycles. The summed E-state index contributed by atoms with van der Waals surface area (Å²) >= 11 is 1.67. The van der Waals surface area contributed by atoms with E-state index in [4.69, 9.17) is 5.73 Å². The lowest BCUT2D eigenvalue weighted by Crippen LogP contribution is -2.37. The Morgan fingerprint density at radius 3 is 2.94 bits per heavy atom. The molecule has 0 spiro atoms. The lowest BCUT2D eigenvalue weighted by molar-refractivity contribution is 0.0941. The second kappa shape index (κ2) is 6.00. The van der Waals surface area contributed by atoms with Crippen LogP contribution in [0.15, 0.2) is 29.6 Å². The molecule has 3 N–H and O–H groups in total. The number of carbonyl (C=O) groups is 1. The van der Waals surface area contributed by atoms with Gasteiger partial charge in [-0.15, -0.1) is 23.7 Å². The first-order chi connectivity index (χ1) is 7.70. The van der Waals surface area contributed by atoms with E-state index in [0.29, 0.717) is 12.1 Å². The molecule has 0 aliphatic heterocycles. The number of hydrogen-bond donors (Lipinski definition) is 2. The molecule has 1 amide bonds. The Morgan fingerprint density at radius 2 is 2.24 bits per heavy atom. The number of fused-ring (bicyclic) bond motifs is 1. The largest absolute Gasteiger partial charge is 0.348 e. The molecule has 1 aromatic heterocycles. The first-order valence-electron chi connectivity index (χ1n) is 5.19. The molecule has 92 valence electrons. The van der Waals surface area contributed by atoms with E-state index in [2.05, 4.69) is 5.32 Å². The number of amides is 1. The molecule has 3 nitrogen and oxygen atoms in total. The van der Waals surface area contributed by atoms with Crippen molar-refractivity contribution >= 4 is 39.7 Å². The van der Waals surface area contributed by atoms with Crippen LogP contribution in [0.2, 0.25) is 0 Å². The van der Waals surface area contributed by atoms with E-state index in [1.54, 1.807) is 11.3 Å². The molecule has 1 atom stereocenters. The summed E-state index contributed by atoms with van der Waals surface area (Å²) in [5, 5.41) is 5.97. The Balaban J connectivity index is 0.00000144. The molecule has 5 heteroatoms. The van der Waals surface area contributed by atoms with E-state index in [1.165, 1.54) is 4.70 Å². The molecule has 2 aromatic rings. The van der Waals surface area contributed by atoms with Gasteiger partial charge < -0.3 is 11.1 Å². The fraction of sp³-hybridized carbons (Fsp3) is 0.250. The van der Waals surface area contributed by atoms with Gasteiger partial charge in [-0.3, -0.25) is 4.79 Å². The van der Waals surface area contributed by atoms with E-state index in [9.17, 15) is 4.79 Å². The van der Waals surface area contributed by atoms with Crippen molar-refractivity contribution in [1.82, 2.24) is 5.32 Å². The van der Waals surface area contributed by atoms with Gasteiger partial charge in [-0.1, -0.05) is 0 Å². The summed E-state index contributed by atoms with van der Waals surface area (Å²) in [6.45, 7) is 2.34. The summed E-state index contributed by atoms with van der Waals surface area (Å²) in [6.07, 6.45) is 0. The molecular weight excluding hydrogens is 256 g/mol. The highest BCUT2D eigenvalue weighted by Gasteiger charge is 2.09. The van der Waals surface area contributed by atoms with Crippen LogP contribution in [0, 0.1) is 0 Å². The highest BCUT2D eigenvalue weighted by atomic mass is 35.5. The topological polar surface area (TPSA) is 55.1 Å². The maximum atomic E-state index is 11.8. The van der Waals surface area contributed by atoms with Crippen LogP contribution >= 0.6 is 23.7 Å². The van der Waals surface area contributed by atoms with Gasteiger partial charge in [-0.2, -0.15) is 0 Å². The molecule has 17 heavy (non-hydrogen) atoms. The molecule has 2 rings (SSSR count). The van der Waals surface area contributed by atoms with Crippen LogP contribution in [0.4, 0.5) is 0 Å². The zero-order valence-electron chi connectivity index (χ0n) is 9.47. The highest BCUT2D eigenvalue weighted by Crippen LogP contribution is 2.21. The number of halogens is 1. The van der Waals surface area contributed by atoms with Crippen molar-refractivity contribution in [2.24, 2.45) is 5.73 Å². The minimum atomic E-state index is -0.0638. The van der Waals surface area contributed by atoms with Crippen molar-refractivity contribution in [3.8, 4) is 0 Å². The Labute approximate surface area is 110 Å². The first-order valence-corrected chi connectivity index (χ1v) is 6.07. The normalized spacial score (nSPS) is 11.9. The molecule has 0 saturated heterocycles. The maximum Gasteiger partial charge on any atom is 0.251 e. The second-order valence-corrected chi connectivity index (χ2v) is 4.73. The Hall–Kier alpha value is -1.10. The summed E-state index contributed by atoms with van der Waals surface area (Å²) in [4.78, 5) is 11.8. The Morgan fingerprint density at radius 1 is 1.47 bits per heavy atom. The number of nitrogens with one attached hydrogen (secondary N) is 1. The van der Waals surface area contributed by atoms with Gasteiger partial charge in [0.2, 0.25) is 0 Å². The predicted octanol–water partition coefficient (Wildman–Crippen LogP) is 2.40. The zero-order chi connectivity index (χ0) is 11.5. The van der Waals surface area contributed by atoms with Crippen LogP contribution in [0.1, 0.15) is 17.3 Å². The summed E-state index contributed by atoms with van der Waals surface area (Å²) in [7, 11) is 0. The monoisotopic (exact) mass is 270 g/mol. The zero-order valence-corrected chi connectivity index (χ0v) is 11.1. The molecular formula is C12H15ClN2OS. The van der Waals surface area contributed by atoms with Crippen LogP contribution in [0.3, 0.4) is 0 Å². The smallest absolute Gasteiger partial charge is 0.251 e. The summed E-state index contributed by atoms with van der Waals surface area (Å²) in [6, 6.07) is 7.75. The third-order valence-electron chi connectivity index (χ3n) is 2.45. The van der Waals surface area contributed by atoms with Crippen molar-refractivity contribution in [2.75, 3.05) is 6.54 Å². The van der Waals surface area contributed by atoms with Crippen molar-refractivity contribution < 1.29 is 4.79 Å². The molecule has 0 bridgehead atoms. The number of thiophene rings is 1. The minimum absolute atomic E-state index is 0. The van der Waals surface area contributed by atoms with Crippen LogP contribution in [-0.2, 0) is 0 Å². The van der Waals surface area contributed by atoms with E-state index in [1.807, 2.05) is 36.6 Å². The van der Waals surface area contributed by atoms with Gasteiger partial charge in [0.05, 0.1) is 0 Å². The van der Waals surface area contributed by atoms with Crippen LogP contribution < -0.4 is 11.1 Å². The van der Waals surface area contributed by atoms with Crippen LogP contribution in [-0.4, -0.2) is 18.5 Å². The average Bonchev–Trinajstić information content (AvgIpc) is 2.75. The number of rotatable bonds is 3. The van der Waals surface area contributed by atoms with Crippen LogP contribution in [0.5, 0.6) is 0 Å². The van der Waals surface area contributed by atoms with E-state index in [-0.39, 0.29) is 24.4 Å². The fourth-order valence-corrected chi connectivity index (χ4v) is 2.24. The van der Waals surface area contributed by atoms with E-state index < -0.39 is 0 Å². The van der Waals surface area contributed by atoms with Gasteiger partial charge in [0, 0.05) is 22.8 Å². The van der Waals surface area contributed by atoms with E-state index >= 15 is 0 Å². The van der Waals surface area contributed by atoms with Gasteiger partial charge >= 0.3 is 0 Å². The Bertz CT molecular complexity index is 512. The maximum absolute atomic E-state index is 11.8. The Kier molecular flexibility index (Phi) is 4.93. The first kappa shape index (κ1) is 14.0. The minimum Gasteiger partial charge on any atom is -0.348 e. The van der Waals surface area contributed by atoms with Crippen molar-refractivity contribution in [3.63, 3.8) is 0 Å². The van der Waals surface area contributed by atoms with Gasteiger partial charge in [0.1, 0.15) is 0 Å². The fourth-order valence-electron chi connectivity index (χ4n) is 1.47. The summed E-state index contributed by atoms with van der Waals surface area (Å²) in [5.41, 5.74) is 6.15. The van der Waals surface area contributed by atoms with Crippen molar-refractivity contribution in [2.45, 2.75) is 13.0 Å². The van der Waals surface area contributed by atoms with Crippen molar-refractivity contribution in [3.05, 3.63) is 35.2 Å². The quantitative estimate of drug-likeness (QED) is 0.900. The molecule has 0 saturated carbocycles. The van der Waals surface area contributed by atoms with Crippen molar-refractivity contribution in [1.29, 1.82) is 0 Å². The third kappa shape index (κ3) is 3.19. The number of benzene rings is 1. The lowest BCUT2D eigenvalue weighted by atomic mass is 10.1. The van der Waals surface area contributed by atoms with Gasteiger partial charge in [-0.05, 0) is 42.0 Å². The predicted molar refractivity (Wildman–Crippen MR) is 75.1 cm³/mol. The molecule has 1 aromatic carbocycles. The average molecular weight is 271 g/mol. The molecule has 0 unspecified atom stereocenters. The molecule has 0 aliphatic rings. The van der Waals surface area contributed by atoms with Gasteiger partial charge in [0.25, 0.3) is 5.91 Å². The summed E-state index contributed by atoms with van der Waals surface area (Å²) < 4.78 is 1.20. The molecule has 0 radical (unpaired) electrons. The highest BCUT2D eigenvalue weighted by molar-refractivity contribution is 7.17. The standard InChI is InChI=1S/C12H14N2OS.ClH/c1-8(7-13)14-12(15)10-2-3-11-9(6-10)4-5-16-11;/h2-6,8H,7,13H2,1H3,(H,14,15);1H/t8-;/m0./s1. The number of carbonyl (C=O) groups excluding carboxylic acids is 1. The van der Waals surface area contributed by atoms with Gasteiger partial charge in [0.15, 0.2) is 0 Å². The second-order valence-electron chi connectivity index (χ2n) is 3.78. The lowest BCUT2D eigenvalue weighted by Gasteiger charge is -2.11. The third-order valence-corrected chi connectivity index (χ3v) is 3.34. The van der Waals surface area contributed by atoms with Gasteiger partial charge in [-0.25, -0.2) is 0 Å². The van der Waals surface area contributed by atoms with E-state index in [0.717, 1.165) is 5.39 Å². The number of hydrogen-bond acceptors (Lipinski definition) is 3. The molecule has 0 aliphatic carbocycles. The number of nitrogens with two attached hydrogens (primary N) is 1. The SMILES string of the molecule is C[C@@H](CN)NC(=O)c1ccc2sccc2c1.Cl. The summed E-state index contributed by atoms with van der Waals surface area (Å²) in [5.74, 6) is -0.0638.